The summed E-state index contributed by atoms with van der Waals surface area (Å²) in [5, 5.41) is 13.3. The minimum Gasteiger partial charge on any atom is -0.352 e. The van der Waals surface area contributed by atoms with E-state index in [-0.39, 0.29) is 24.0 Å². The first-order chi connectivity index (χ1) is 8.36. The Bertz CT molecular complexity index is 460. The third kappa shape index (κ3) is 3.70. The van der Waals surface area contributed by atoms with E-state index in [0.717, 1.165) is 0 Å². The number of halogens is 1. The fourth-order valence-electron chi connectivity index (χ4n) is 1.26. The Morgan fingerprint density at radius 2 is 2.17 bits per heavy atom. The number of nitrogens with zero attached hydrogens (tertiary/aromatic N) is 1. The minimum absolute atomic E-state index is 0.0124. The van der Waals surface area contributed by atoms with Gasteiger partial charge in [-0.05, 0) is 19.4 Å². The molecule has 1 aromatic carbocycles. The van der Waals surface area contributed by atoms with Gasteiger partial charge in [0.2, 0.25) is 5.91 Å². The van der Waals surface area contributed by atoms with E-state index in [4.69, 9.17) is 11.6 Å². The minimum atomic E-state index is -0.651. The van der Waals surface area contributed by atoms with Crippen LogP contribution < -0.4 is 5.32 Å². The summed E-state index contributed by atoms with van der Waals surface area (Å²) in [5.74, 6) is 0.0392. The second-order valence-electron chi connectivity index (χ2n) is 4.63. The van der Waals surface area contributed by atoms with Crippen molar-refractivity contribution < 1.29 is 9.72 Å². The van der Waals surface area contributed by atoms with Crippen molar-refractivity contribution in [1.82, 2.24) is 5.32 Å². The quantitative estimate of drug-likeness (QED) is 0.507. The van der Waals surface area contributed by atoms with Gasteiger partial charge in [0.25, 0.3) is 5.69 Å². The van der Waals surface area contributed by atoms with Gasteiger partial charge in [0.05, 0.1) is 10.3 Å². The number of hydrogen-bond donors (Lipinski definition) is 1. The molecule has 0 aliphatic carbocycles. The molecule has 18 heavy (non-hydrogen) atoms. The van der Waals surface area contributed by atoms with Gasteiger partial charge in [-0.1, -0.05) is 12.1 Å². The van der Waals surface area contributed by atoms with Crippen LogP contribution >= 0.6 is 11.6 Å². The summed E-state index contributed by atoms with van der Waals surface area (Å²) in [6.45, 7) is 3.73. The lowest BCUT2D eigenvalue weighted by molar-refractivity contribution is -0.384. The number of alkyl halides is 1. The zero-order valence-electron chi connectivity index (χ0n) is 10.3. The van der Waals surface area contributed by atoms with Gasteiger partial charge in [0.15, 0.2) is 0 Å². The van der Waals surface area contributed by atoms with Gasteiger partial charge in [-0.25, -0.2) is 0 Å². The van der Waals surface area contributed by atoms with E-state index in [0.29, 0.717) is 5.56 Å². The first-order valence-electron chi connectivity index (χ1n) is 5.44. The first kappa shape index (κ1) is 14.4. The second kappa shape index (κ2) is 5.82. The van der Waals surface area contributed by atoms with E-state index in [1.807, 2.05) is 0 Å². The summed E-state index contributed by atoms with van der Waals surface area (Å²) >= 11 is 5.69. The molecule has 6 heteroatoms. The Morgan fingerprint density at radius 3 is 2.72 bits per heavy atom. The van der Waals surface area contributed by atoms with Crippen molar-refractivity contribution in [1.29, 1.82) is 0 Å². The van der Waals surface area contributed by atoms with E-state index in [2.05, 4.69) is 5.32 Å². The Balaban J connectivity index is 2.67. The molecule has 0 saturated heterocycles. The number of amides is 1. The molecule has 1 aromatic rings. The van der Waals surface area contributed by atoms with Crippen LogP contribution in [-0.2, 0) is 11.3 Å². The Hall–Kier alpha value is -1.62. The maximum Gasteiger partial charge on any atom is 0.269 e. The SMILES string of the molecule is CC(C)(CCl)C(=O)NCc1cccc([N+](=O)[O-])c1. The van der Waals surface area contributed by atoms with Gasteiger partial charge >= 0.3 is 0 Å². The topological polar surface area (TPSA) is 72.2 Å². The van der Waals surface area contributed by atoms with Crippen molar-refractivity contribution in [3.63, 3.8) is 0 Å². The Morgan fingerprint density at radius 1 is 1.50 bits per heavy atom. The maximum absolute atomic E-state index is 11.8. The molecule has 0 heterocycles. The van der Waals surface area contributed by atoms with Crippen molar-refractivity contribution in [2.45, 2.75) is 20.4 Å². The van der Waals surface area contributed by atoms with Crippen LogP contribution in [0.25, 0.3) is 0 Å². The Labute approximate surface area is 110 Å². The third-order valence-electron chi connectivity index (χ3n) is 2.52. The molecule has 1 N–H and O–H groups in total. The molecule has 0 aliphatic rings. The zero-order chi connectivity index (χ0) is 13.8. The molecular formula is C12H15ClN2O3. The molecular weight excluding hydrogens is 256 g/mol. The summed E-state index contributed by atoms with van der Waals surface area (Å²) in [7, 11) is 0. The second-order valence-corrected chi connectivity index (χ2v) is 4.89. The average molecular weight is 271 g/mol. The smallest absolute Gasteiger partial charge is 0.269 e. The van der Waals surface area contributed by atoms with Gasteiger partial charge in [0, 0.05) is 24.6 Å². The molecule has 0 bridgehead atoms. The third-order valence-corrected chi connectivity index (χ3v) is 3.19. The largest absolute Gasteiger partial charge is 0.352 e. The van der Waals surface area contributed by atoms with Crippen molar-refractivity contribution in [3.05, 3.63) is 39.9 Å². The zero-order valence-corrected chi connectivity index (χ0v) is 11.0. The van der Waals surface area contributed by atoms with E-state index in [1.54, 1.807) is 26.0 Å². The number of carbonyl (C=O) groups is 1. The van der Waals surface area contributed by atoms with Crippen molar-refractivity contribution in [2.75, 3.05) is 5.88 Å². The number of carbonyl (C=O) groups excluding carboxylic acids is 1. The van der Waals surface area contributed by atoms with Gasteiger partial charge < -0.3 is 5.32 Å². The van der Waals surface area contributed by atoms with Crippen molar-refractivity contribution in [3.8, 4) is 0 Å². The molecule has 98 valence electrons. The van der Waals surface area contributed by atoms with Crippen LogP contribution in [-0.4, -0.2) is 16.7 Å². The van der Waals surface area contributed by atoms with Crippen LogP contribution in [0.4, 0.5) is 5.69 Å². The average Bonchev–Trinajstić information content (AvgIpc) is 2.36. The van der Waals surface area contributed by atoms with Crippen LogP contribution in [0.3, 0.4) is 0 Å². The lowest BCUT2D eigenvalue weighted by Crippen LogP contribution is -2.37. The summed E-state index contributed by atoms with van der Waals surface area (Å²) in [6.07, 6.45) is 0. The van der Waals surface area contributed by atoms with Crippen LogP contribution in [0.2, 0.25) is 0 Å². The Kier molecular flexibility index (Phi) is 4.67. The van der Waals surface area contributed by atoms with E-state index in [1.165, 1.54) is 12.1 Å². The fraction of sp³-hybridized carbons (Fsp3) is 0.417. The molecule has 0 unspecified atom stereocenters. The number of benzene rings is 1. The summed E-state index contributed by atoms with van der Waals surface area (Å²) in [5.41, 5.74) is 0.0451. The number of nitrogens with one attached hydrogen (secondary N) is 1. The number of rotatable bonds is 5. The van der Waals surface area contributed by atoms with E-state index >= 15 is 0 Å². The van der Waals surface area contributed by atoms with Gasteiger partial charge in [-0.3, -0.25) is 14.9 Å². The van der Waals surface area contributed by atoms with Crippen LogP contribution in [0.15, 0.2) is 24.3 Å². The predicted molar refractivity (Wildman–Crippen MR) is 69.4 cm³/mol. The molecule has 0 atom stereocenters. The molecule has 0 aromatic heterocycles. The molecule has 1 rings (SSSR count). The predicted octanol–water partition coefficient (Wildman–Crippen LogP) is 2.48. The van der Waals surface area contributed by atoms with Crippen LogP contribution in [0.1, 0.15) is 19.4 Å². The highest BCUT2D eigenvalue weighted by Crippen LogP contribution is 2.18. The molecule has 0 spiro atoms. The van der Waals surface area contributed by atoms with Crippen LogP contribution in [0.5, 0.6) is 0 Å². The highest BCUT2D eigenvalue weighted by atomic mass is 35.5. The molecule has 1 amide bonds. The summed E-state index contributed by atoms with van der Waals surface area (Å²) in [6, 6.07) is 6.16. The normalized spacial score (nSPS) is 11.1. The standard InChI is InChI=1S/C12H15ClN2O3/c1-12(2,8-13)11(16)14-7-9-4-3-5-10(6-9)15(17)18/h3-6H,7-8H2,1-2H3,(H,14,16). The molecule has 0 fully saturated rings. The molecule has 0 saturated carbocycles. The van der Waals surface area contributed by atoms with Crippen LogP contribution in [0, 0.1) is 15.5 Å². The van der Waals surface area contributed by atoms with Gasteiger partial charge in [0.1, 0.15) is 0 Å². The number of nitro groups is 1. The maximum atomic E-state index is 11.8. The number of nitro benzene ring substituents is 1. The monoisotopic (exact) mass is 270 g/mol. The number of hydrogen-bond acceptors (Lipinski definition) is 3. The van der Waals surface area contributed by atoms with Crippen molar-refractivity contribution >= 4 is 23.2 Å². The van der Waals surface area contributed by atoms with Gasteiger partial charge in [-0.2, -0.15) is 0 Å². The number of non-ortho nitro benzene ring substituents is 1. The molecule has 0 radical (unpaired) electrons. The van der Waals surface area contributed by atoms with E-state index < -0.39 is 10.3 Å². The van der Waals surface area contributed by atoms with Gasteiger partial charge in [-0.15, -0.1) is 11.6 Å². The fourth-order valence-corrected chi connectivity index (χ4v) is 1.38. The summed E-state index contributed by atoms with van der Waals surface area (Å²) in [4.78, 5) is 21.9. The lowest BCUT2D eigenvalue weighted by atomic mass is 9.95. The van der Waals surface area contributed by atoms with E-state index in [9.17, 15) is 14.9 Å². The summed E-state index contributed by atoms with van der Waals surface area (Å²) < 4.78 is 0. The lowest BCUT2D eigenvalue weighted by Gasteiger charge is -2.20. The first-order valence-corrected chi connectivity index (χ1v) is 5.98. The highest BCUT2D eigenvalue weighted by Gasteiger charge is 2.26. The molecule has 0 aliphatic heterocycles. The molecule has 5 nitrogen and oxygen atoms in total. The highest BCUT2D eigenvalue weighted by molar-refractivity contribution is 6.19. The van der Waals surface area contributed by atoms with Crippen molar-refractivity contribution in [2.24, 2.45) is 5.41 Å².